The Kier molecular flexibility index (Phi) is 7.94. The molecule has 7 nitrogen and oxygen atoms in total. The van der Waals surface area contributed by atoms with Crippen molar-refractivity contribution in [1.29, 1.82) is 0 Å². The van der Waals surface area contributed by atoms with E-state index < -0.39 is 0 Å². The van der Waals surface area contributed by atoms with Crippen molar-refractivity contribution in [1.82, 2.24) is 9.80 Å². The lowest BCUT2D eigenvalue weighted by Gasteiger charge is -2.36. The van der Waals surface area contributed by atoms with Gasteiger partial charge in [0.1, 0.15) is 12.4 Å². The van der Waals surface area contributed by atoms with Crippen molar-refractivity contribution in [2.24, 2.45) is 11.8 Å². The van der Waals surface area contributed by atoms with Crippen LogP contribution >= 0.6 is 0 Å². The van der Waals surface area contributed by atoms with Gasteiger partial charge >= 0.3 is 0 Å². The second kappa shape index (κ2) is 10.5. The normalized spacial score (nSPS) is 25.8. The van der Waals surface area contributed by atoms with Crippen LogP contribution in [-0.4, -0.2) is 74.2 Å². The zero-order valence-corrected chi connectivity index (χ0v) is 19.5. The molecule has 31 heavy (non-hydrogen) atoms. The second-order valence-corrected chi connectivity index (χ2v) is 9.11. The first kappa shape index (κ1) is 23.5. The van der Waals surface area contributed by atoms with Gasteiger partial charge in [-0.2, -0.15) is 0 Å². The van der Waals surface area contributed by atoms with Gasteiger partial charge in [0.25, 0.3) is 5.91 Å². The summed E-state index contributed by atoms with van der Waals surface area (Å²) >= 11 is 0. The molecule has 1 aromatic rings. The van der Waals surface area contributed by atoms with Crippen LogP contribution in [0.1, 0.15) is 50.4 Å². The van der Waals surface area contributed by atoms with Crippen LogP contribution in [0.15, 0.2) is 18.2 Å². The number of hydrogen-bond donors (Lipinski definition) is 1. The molecule has 0 radical (unpaired) electrons. The number of ether oxygens (including phenoxy) is 2. The highest BCUT2D eigenvalue weighted by Gasteiger charge is 2.31. The summed E-state index contributed by atoms with van der Waals surface area (Å²) in [5.74, 6) is 1.38. The fourth-order valence-electron chi connectivity index (χ4n) is 4.06. The Morgan fingerprint density at radius 1 is 1.26 bits per heavy atom. The van der Waals surface area contributed by atoms with Gasteiger partial charge in [-0.05, 0) is 43.7 Å². The summed E-state index contributed by atoms with van der Waals surface area (Å²) < 4.78 is 12.0. The van der Waals surface area contributed by atoms with E-state index in [1.165, 1.54) is 12.8 Å². The van der Waals surface area contributed by atoms with Crippen molar-refractivity contribution in [3.63, 3.8) is 0 Å². The van der Waals surface area contributed by atoms with Crippen LogP contribution in [0.4, 0.5) is 5.69 Å². The van der Waals surface area contributed by atoms with E-state index >= 15 is 0 Å². The van der Waals surface area contributed by atoms with Gasteiger partial charge in [-0.3, -0.25) is 14.5 Å². The molecular weight excluding hydrogens is 394 g/mol. The highest BCUT2D eigenvalue weighted by atomic mass is 16.5. The summed E-state index contributed by atoms with van der Waals surface area (Å²) in [6.07, 6.45) is 2.94. The molecule has 2 amide bonds. The molecule has 1 fully saturated rings. The number of benzene rings is 1. The molecule has 172 valence electrons. The van der Waals surface area contributed by atoms with E-state index in [1.807, 2.05) is 0 Å². The Morgan fingerprint density at radius 3 is 2.65 bits per heavy atom. The van der Waals surface area contributed by atoms with Gasteiger partial charge < -0.3 is 19.7 Å². The van der Waals surface area contributed by atoms with Crippen molar-refractivity contribution in [3.8, 4) is 5.75 Å². The van der Waals surface area contributed by atoms with Crippen LogP contribution in [0.25, 0.3) is 0 Å². The van der Waals surface area contributed by atoms with Crippen LogP contribution in [0, 0.1) is 11.8 Å². The fraction of sp³-hybridized carbons (Fsp3) is 0.667. The summed E-state index contributed by atoms with van der Waals surface area (Å²) in [5, 5.41) is 2.86. The largest absolute Gasteiger partial charge is 0.491 e. The number of nitrogens with one attached hydrogen (secondary N) is 1. The third-order valence-corrected chi connectivity index (χ3v) is 6.37. The number of hydrogen-bond acceptors (Lipinski definition) is 5. The first-order valence-corrected chi connectivity index (χ1v) is 11.4. The number of amides is 2. The number of carbonyl (C=O) groups excluding carboxylic acids is 2. The molecule has 1 saturated carbocycles. The average Bonchev–Trinajstić information content (AvgIpc) is 3.58. The molecule has 2 aliphatic rings. The topological polar surface area (TPSA) is 71.1 Å². The molecule has 0 saturated heterocycles. The van der Waals surface area contributed by atoms with E-state index in [1.54, 1.807) is 44.2 Å². The average molecular weight is 432 g/mol. The van der Waals surface area contributed by atoms with Crippen LogP contribution in [0.2, 0.25) is 0 Å². The van der Waals surface area contributed by atoms with Crippen molar-refractivity contribution in [2.75, 3.05) is 45.7 Å². The second-order valence-electron chi connectivity index (χ2n) is 9.11. The minimum atomic E-state index is -0.110. The van der Waals surface area contributed by atoms with E-state index in [2.05, 4.69) is 24.1 Å². The van der Waals surface area contributed by atoms with Crippen molar-refractivity contribution in [2.45, 2.75) is 52.2 Å². The molecule has 7 heteroatoms. The Bertz CT molecular complexity index is 780. The lowest BCUT2D eigenvalue weighted by molar-refractivity contribution is -0.115. The number of carbonyl (C=O) groups is 2. The third kappa shape index (κ3) is 6.20. The van der Waals surface area contributed by atoms with Gasteiger partial charge in [0, 0.05) is 58.0 Å². The van der Waals surface area contributed by atoms with Gasteiger partial charge in [-0.1, -0.05) is 13.8 Å². The Hall–Kier alpha value is -2.12. The van der Waals surface area contributed by atoms with Crippen molar-refractivity contribution >= 4 is 17.5 Å². The summed E-state index contributed by atoms with van der Waals surface area (Å²) in [6, 6.07) is 5.46. The molecule has 1 heterocycles. The highest BCUT2D eigenvalue weighted by molar-refractivity contribution is 5.98. The molecule has 0 aromatic heterocycles. The Morgan fingerprint density at radius 2 is 2.00 bits per heavy atom. The van der Waals surface area contributed by atoms with Crippen molar-refractivity contribution in [3.05, 3.63) is 23.8 Å². The lowest BCUT2D eigenvalue weighted by Crippen LogP contribution is -2.47. The first-order chi connectivity index (χ1) is 14.8. The third-order valence-electron chi connectivity index (χ3n) is 6.37. The number of likely N-dealkylation sites (N-methyl/N-ethyl adjacent to an activating group) is 1. The molecule has 0 bridgehead atoms. The Balaban J connectivity index is 1.90. The van der Waals surface area contributed by atoms with Gasteiger partial charge in [-0.25, -0.2) is 0 Å². The summed E-state index contributed by atoms with van der Waals surface area (Å²) in [5.41, 5.74) is 1.14. The SMILES string of the molecule is CCC(=O)Nc1ccc2c(c1)OC[C@@H](C)N(CC1CC1)C[C@H](C)[C@@H](OC)CN(C)C2=O. The smallest absolute Gasteiger partial charge is 0.257 e. The monoisotopic (exact) mass is 431 g/mol. The molecule has 0 spiro atoms. The number of fused-ring (bicyclic) bond motifs is 1. The maximum Gasteiger partial charge on any atom is 0.257 e. The number of methoxy groups -OCH3 is 1. The first-order valence-electron chi connectivity index (χ1n) is 11.4. The maximum atomic E-state index is 13.2. The zero-order valence-electron chi connectivity index (χ0n) is 19.5. The maximum absolute atomic E-state index is 13.2. The van der Waals surface area contributed by atoms with Gasteiger partial charge in [0.05, 0.1) is 11.7 Å². The highest BCUT2D eigenvalue weighted by Crippen LogP contribution is 2.32. The lowest BCUT2D eigenvalue weighted by atomic mass is 10.0. The molecule has 1 N–H and O–H groups in total. The molecule has 1 aliphatic heterocycles. The van der Waals surface area contributed by atoms with E-state index in [9.17, 15) is 9.59 Å². The van der Waals surface area contributed by atoms with E-state index in [0.717, 1.165) is 19.0 Å². The van der Waals surface area contributed by atoms with Crippen LogP contribution in [0.3, 0.4) is 0 Å². The predicted molar refractivity (Wildman–Crippen MR) is 122 cm³/mol. The van der Waals surface area contributed by atoms with E-state index in [4.69, 9.17) is 9.47 Å². The summed E-state index contributed by atoms with van der Waals surface area (Å²) in [7, 11) is 3.52. The van der Waals surface area contributed by atoms with Gasteiger partial charge in [0.15, 0.2) is 0 Å². The molecule has 3 rings (SSSR count). The van der Waals surface area contributed by atoms with Gasteiger partial charge in [-0.15, -0.1) is 0 Å². The van der Waals surface area contributed by atoms with Crippen molar-refractivity contribution < 1.29 is 19.1 Å². The fourth-order valence-corrected chi connectivity index (χ4v) is 4.06. The van der Waals surface area contributed by atoms with Crippen LogP contribution in [0.5, 0.6) is 5.75 Å². The number of nitrogens with zero attached hydrogens (tertiary/aromatic N) is 2. The minimum absolute atomic E-state index is 0.0465. The number of anilines is 1. The molecule has 3 atom stereocenters. The summed E-state index contributed by atoms with van der Waals surface area (Å²) in [4.78, 5) is 29.2. The van der Waals surface area contributed by atoms with E-state index in [0.29, 0.717) is 36.6 Å². The van der Waals surface area contributed by atoms with Gasteiger partial charge in [0.2, 0.25) is 5.91 Å². The molecule has 1 aliphatic carbocycles. The quantitative estimate of drug-likeness (QED) is 0.775. The minimum Gasteiger partial charge on any atom is -0.491 e. The molecule has 1 aromatic carbocycles. The summed E-state index contributed by atoms with van der Waals surface area (Å²) in [6.45, 7) is 9.14. The predicted octanol–water partition coefficient (Wildman–Crippen LogP) is 3.25. The standard InChI is InChI=1S/C24H37N3O4/c1-6-23(28)25-19-9-10-20-21(11-19)31-15-17(3)27(13-18-7-8-18)12-16(2)22(30-5)14-26(4)24(20)29/h9-11,16-18,22H,6-8,12-15H2,1-5H3,(H,25,28)/t16-,17+,22-/m0/s1. The van der Waals surface area contributed by atoms with Crippen LogP contribution < -0.4 is 10.1 Å². The number of rotatable bonds is 5. The zero-order chi connectivity index (χ0) is 22.5. The van der Waals surface area contributed by atoms with Crippen LogP contribution in [-0.2, 0) is 9.53 Å². The van der Waals surface area contributed by atoms with E-state index in [-0.39, 0.29) is 29.9 Å². The molecular formula is C24H37N3O4. The molecule has 0 unspecified atom stereocenters. The Labute approximate surface area is 186 Å².